The van der Waals surface area contributed by atoms with Crippen molar-refractivity contribution in [2.45, 2.75) is 6.54 Å². The number of ether oxygens (including phenoxy) is 2. The Balaban J connectivity index is 1.10. The fraction of sp³-hybridized carbons (Fsp3) is 0.269. The van der Waals surface area contributed by atoms with E-state index in [9.17, 15) is 4.79 Å². The first-order chi connectivity index (χ1) is 17.2. The lowest BCUT2D eigenvalue weighted by atomic mass is 10.1. The van der Waals surface area contributed by atoms with Gasteiger partial charge in [-0.3, -0.25) is 14.8 Å². The third-order valence-electron chi connectivity index (χ3n) is 6.32. The van der Waals surface area contributed by atoms with Crippen LogP contribution in [-0.2, 0) is 6.54 Å². The normalized spacial score (nSPS) is 15.8. The van der Waals surface area contributed by atoms with Gasteiger partial charge >= 0.3 is 0 Å². The van der Waals surface area contributed by atoms with E-state index in [4.69, 9.17) is 14.5 Å². The fourth-order valence-electron chi connectivity index (χ4n) is 4.47. The zero-order valence-corrected chi connectivity index (χ0v) is 20.0. The Labute approximate surface area is 207 Å². The molecule has 2 aliphatic heterocycles. The number of carbonyl (C=O) groups is 1. The first-order valence-electron chi connectivity index (χ1n) is 11.7. The lowest BCUT2D eigenvalue weighted by Gasteiger charge is -2.34. The van der Waals surface area contributed by atoms with Gasteiger partial charge in [0.1, 0.15) is 18.2 Å². The second kappa shape index (κ2) is 9.52. The third kappa shape index (κ3) is 4.52. The number of thiazole rings is 1. The van der Waals surface area contributed by atoms with Gasteiger partial charge in [-0.15, -0.1) is 11.3 Å². The average molecular weight is 488 g/mol. The van der Waals surface area contributed by atoms with Crippen molar-refractivity contribution in [2.24, 2.45) is 0 Å². The van der Waals surface area contributed by atoms with Crippen molar-refractivity contribution < 1.29 is 14.3 Å². The number of amides is 1. The minimum Gasteiger partial charge on any atom is -0.486 e. The number of nitrogens with one attached hydrogen (secondary N) is 1. The predicted octanol–water partition coefficient (Wildman–Crippen LogP) is 3.93. The maximum absolute atomic E-state index is 13.3. The predicted molar refractivity (Wildman–Crippen MR) is 134 cm³/mol. The van der Waals surface area contributed by atoms with E-state index in [1.54, 1.807) is 17.5 Å². The Morgan fingerprint density at radius 2 is 1.77 bits per heavy atom. The minimum atomic E-state index is -0.0108. The fourth-order valence-corrected chi connectivity index (χ4v) is 5.29. The molecule has 1 fully saturated rings. The van der Waals surface area contributed by atoms with Crippen molar-refractivity contribution in [3.8, 4) is 33.3 Å². The van der Waals surface area contributed by atoms with Crippen molar-refractivity contribution in [2.75, 3.05) is 39.4 Å². The highest BCUT2D eigenvalue weighted by Crippen LogP contribution is 2.35. The van der Waals surface area contributed by atoms with Crippen molar-refractivity contribution >= 4 is 17.2 Å². The Morgan fingerprint density at radius 1 is 0.971 bits per heavy atom. The molecule has 0 atom stereocenters. The summed E-state index contributed by atoms with van der Waals surface area (Å²) in [5, 5.41) is 10.3. The third-order valence-corrected chi connectivity index (χ3v) is 7.26. The molecule has 1 N–H and O–H groups in total. The van der Waals surface area contributed by atoms with Crippen LogP contribution < -0.4 is 9.47 Å². The van der Waals surface area contributed by atoms with Crippen LogP contribution in [0.1, 0.15) is 16.1 Å². The van der Waals surface area contributed by atoms with Crippen LogP contribution in [0.3, 0.4) is 0 Å². The standard InChI is InChI=1S/C26H25N5O3S/c32-26(21-15-27-29-24(21)19-6-7-22-23(14-19)34-13-12-33-22)31-10-8-30(9-11-31)16-20-17-35-25(28-20)18-4-2-1-3-5-18/h1-7,14-15,17H,8-13,16H2,(H,27,29). The highest BCUT2D eigenvalue weighted by molar-refractivity contribution is 7.13. The Morgan fingerprint density at radius 3 is 2.60 bits per heavy atom. The molecule has 9 heteroatoms. The Hall–Kier alpha value is -3.69. The van der Waals surface area contributed by atoms with E-state index in [-0.39, 0.29) is 5.91 Å². The summed E-state index contributed by atoms with van der Waals surface area (Å²) in [6.45, 7) is 4.80. The zero-order valence-electron chi connectivity index (χ0n) is 19.1. The van der Waals surface area contributed by atoms with E-state index in [0.717, 1.165) is 47.2 Å². The molecule has 35 heavy (non-hydrogen) atoms. The molecule has 0 spiro atoms. The molecule has 2 aliphatic rings. The van der Waals surface area contributed by atoms with Crippen LogP contribution in [0.5, 0.6) is 11.5 Å². The van der Waals surface area contributed by atoms with E-state index < -0.39 is 0 Å². The van der Waals surface area contributed by atoms with Gasteiger partial charge in [0.05, 0.1) is 23.1 Å². The molecule has 0 aliphatic carbocycles. The smallest absolute Gasteiger partial charge is 0.257 e. The summed E-state index contributed by atoms with van der Waals surface area (Å²) in [5.74, 6) is 1.40. The molecule has 2 aromatic heterocycles. The molecule has 0 unspecified atom stereocenters. The van der Waals surface area contributed by atoms with Crippen molar-refractivity contribution in [1.82, 2.24) is 25.0 Å². The van der Waals surface area contributed by atoms with Crippen molar-refractivity contribution in [3.05, 3.63) is 71.4 Å². The van der Waals surface area contributed by atoms with Crippen molar-refractivity contribution in [3.63, 3.8) is 0 Å². The van der Waals surface area contributed by atoms with Gasteiger partial charge in [-0.25, -0.2) is 4.98 Å². The molecule has 4 aromatic rings. The van der Waals surface area contributed by atoms with Gasteiger partial charge in [0.15, 0.2) is 11.5 Å². The minimum absolute atomic E-state index is 0.0108. The van der Waals surface area contributed by atoms with Gasteiger partial charge in [0, 0.05) is 49.2 Å². The van der Waals surface area contributed by atoms with Crippen LogP contribution in [-0.4, -0.2) is 70.3 Å². The summed E-state index contributed by atoms with van der Waals surface area (Å²) in [4.78, 5) is 22.4. The van der Waals surface area contributed by atoms with Crippen LogP contribution in [0, 0.1) is 0 Å². The molecule has 0 radical (unpaired) electrons. The molecule has 1 saturated heterocycles. The number of aromatic nitrogens is 3. The Bertz CT molecular complexity index is 1330. The van der Waals surface area contributed by atoms with Gasteiger partial charge in [0.2, 0.25) is 0 Å². The summed E-state index contributed by atoms with van der Waals surface area (Å²) < 4.78 is 11.3. The Kier molecular flexibility index (Phi) is 5.93. The molecule has 6 rings (SSSR count). The number of hydrogen-bond donors (Lipinski definition) is 1. The number of fused-ring (bicyclic) bond motifs is 1. The second-order valence-electron chi connectivity index (χ2n) is 8.60. The van der Waals surface area contributed by atoms with E-state index >= 15 is 0 Å². The maximum atomic E-state index is 13.3. The molecule has 4 heterocycles. The number of H-pyrrole nitrogens is 1. The molecule has 2 aromatic carbocycles. The maximum Gasteiger partial charge on any atom is 0.257 e. The van der Waals surface area contributed by atoms with Crippen LogP contribution in [0.25, 0.3) is 21.8 Å². The first-order valence-corrected chi connectivity index (χ1v) is 12.6. The summed E-state index contributed by atoms with van der Waals surface area (Å²) in [5.41, 5.74) is 4.34. The highest BCUT2D eigenvalue weighted by Gasteiger charge is 2.26. The number of rotatable bonds is 5. The van der Waals surface area contributed by atoms with E-state index in [1.807, 2.05) is 41.3 Å². The van der Waals surface area contributed by atoms with Crippen LogP contribution in [0.15, 0.2) is 60.1 Å². The summed E-state index contributed by atoms with van der Waals surface area (Å²) in [6, 6.07) is 15.9. The SMILES string of the molecule is O=C(c1cn[nH]c1-c1ccc2c(c1)OCCO2)N1CCN(Cc2csc(-c3ccccc3)n2)CC1. The number of hydrogen-bond acceptors (Lipinski definition) is 7. The van der Waals surface area contributed by atoms with Gasteiger partial charge in [-0.05, 0) is 18.2 Å². The van der Waals surface area contributed by atoms with E-state index in [2.05, 4.69) is 32.6 Å². The average Bonchev–Trinajstić information content (AvgIpc) is 3.59. The molecule has 0 bridgehead atoms. The number of carbonyl (C=O) groups excluding carboxylic acids is 1. The quantitative estimate of drug-likeness (QED) is 0.459. The van der Waals surface area contributed by atoms with Gasteiger partial charge in [-0.1, -0.05) is 30.3 Å². The number of nitrogens with zero attached hydrogens (tertiary/aromatic N) is 4. The van der Waals surface area contributed by atoms with Gasteiger partial charge in [0.25, 0.3) is 5.91 Å². The monoisotopic (exact) mass is 487 g/mol. The van der Waals surface area contributed by atoms with Gasteiger partial charge < -0.3 is 14.4 Å². The van der Waals surface area contributed by atoms with Crippen LogP contribution >= 0.6 is 11.3 Å². The molecule has 8 nitrogen and oxygen atoms in total. The largest absolute Gasteiger partial charge is 0.486 e. The molecular weight excluding hydrogens is 462 g/mol. The summed E-state index contributed by atoms with van der Waals surface area (Å²) in [7, 11) is 0. The summed E-state index contributed by atoms with van der Waals surface area (Å²) >= 11 is 1.67. The summed E-state index contributed by atoms with van der Waals surface area (Å²) in [6.07, 6.45) is 1.61. The van der Waals surface area contributed by atoms with Crippen LogP contribution in [0.2, 0.25) is 0 Å². The number of piperazine rings is 1. The molecule has 0 saturated carbocycles. The lowest BCUT2D eigenvalue weighted by molar-refractivity contribution is 0.0628. The molecule has 1 amide bonds. The number of benzene rings is 2. The number of aromatic amines is 1. The molecule has 178 valence electrons. The zero-order chi connectivity index (χ0) is 23.6. The second-order valence-corrected chi connectivity index (χ2v) is 9.45. The van der Waals surface area contributed by atoms with E-state index in [0.29, 0.717) is 43.3 Å². The van der Waals surface area contributed by atoms with E-state index in [1.165, 1.54) is 0 Å². The van der Waals surface area contributed by atoms with Crippen molar-refractivity contribution in [1.29, 1.82) is 0 Å². The molecular formula is C26H25N5O3S. The van der Waals surface area contributed by atoms with Gasteiger partial charge in [-0.2, -0.15) is 5.10 Å². The lowest BCUT2D eigenvalue weighted by Crippen LogP contribution is -2.48. The van der Waals surface area contributed by atoms with Crippen LogP contribution in [0.4, 0.5) is 0 Å². The first kappa shape index (κ1) is 21.8. The highest BCUT2D eigenvalue weighted by atomic mass is 32.1. The topological polar surface area (TPSA) is 83.6 Å².